The summed E-state index contributed by atoms with van der Waals surface area (Å²) < 4.78 is 5.15. The summed E-state index contributed by atoms with van der Waals surface area (Å²) in [5, 5.41) is 0.220. The third kappa shape index (κ3) is 9.22. The monoisotopic (exact) mass is 246 g/mol. The predicted octanol–water partition coefficient (Wildman–Crippen LogP) is 3.89. The highest BCUT2D eigenvalue weighted by Gasteiger charge is 2.20. The highest BCUT2D eigenvalue weighted by atomic mass is 32.2. The van der Waals surface area contributed by atoms with Gasteiger partial charge < -0.3 is 4.74 Å². The Morgan fingerprint density at radius 1 is 1.38 bits per heavy atom. The average Bonchev–Trinajstić information content (AvgIpc) is 2.12. The summed E-state index contributed by atoms with van der Waals surface area (Å²) in [6, 6.07) is 0. The first-order chi connectivity index (χ1) is 7.37. The molecule has 0 saturated heterocycles. The molecule has 96 valence electrons. The van der Waals surface area contributed by atoms with Gasteiger partial charge in [0.05, 0.1) is 0 Å². The van der Waals surface area contributed by atoms with E-state index in [1.165, 1.54) is 24.6 Å². The number of ether oxygens (including phenoxy) is 1. The largest absolute Gasteiger partial charge is 0.385 e. The lowest BCUT2D eigenvalue weighted by molar-refractivity contribution is -0.109. The van der Waals surface area contributed by atoms with Crippen LogP contribution in [-0.4, -0.2) is 23.6 Å². The van der Waals surface area contributed by atoms with Crippen molar-refractivity contribution in [1.82, 2.24) is 0 Å². The molecule has 0 aromatic carbocycles. The minimum Gasteiger partial charge on any atom is -0.385 e. The molecule has 0 fully saturated rings. The molecule has 0 saturated carbocycles. The maximum atomic E-state index is 11.0. The Bertz CT molecular complexity index is 202. The molecule has 0 rings (SSSR count). The van der Waals surface area contributed by atoms with Gasteiger partial charge in [0.25, 0.3) is 0 Å². The summed E-state index contributed by atoms with van der Waals surface area (Å²) in [7, 11) is 1.75. The molecular weight excluding hydrogens is 220 g/mol. The molecule has 2 nitrogen and oxygen atoms in total. The van der Waals surface area contributed by atoms with Crippen LogP contribution in [0, 0.1) is 5.92 Å². The third-order valence-corrected chi connectivity index (χ3v) is 3.75. The molecule has 0 aromatic rings. The molecular formula is C13H26O2S. The minimum atomic E-state index is 0.0901. The zero-order valence-corrected chi connectivity index (χ0v) is 12.2. The smallest absolute Gasteiger partial charge is 0.186 e. The maximum absolute atomic E-state index is 11.0. The summed E-state index contributed by atoms with van der Waals surface area (Å²) in [5.41, 5.74) is 0. The maximum Gasteiger partial charge on any atom is 0.186 e. The van der Waals surface area contributed by atoms with E-state index in [2.05, 4.69) is 20.8 Å². The number of thioether (sulfide) groups is 1. The normalized spacial score (nSPS) is 13.8. The molecule has 0 aliphatic heterocycles. The first-order valence-electron chi connectivity index (χ1n) is 6.06. The standard InChI is InChI=1S/C13H26O2S/c1-11(8-10-15-5)7-6-9-13(3,4)16-12(2)14/h11H,6-10H2,1-5H3. The summed E-state index contributed by atoms with van der Waals surface area (Å²) >= 11 is 1.46. The van der Waals surface area contributed by atoms with Crippen LogP contribution >= 0.6 is 11.8 Å². The highest BCUT2D eigenvalue weighted by Crippen LogP contribution is 2.31. The Balaban J connectivity index is 3.67. The summed E-state index contributed by atoms with van der Waals surface area (Å²) in [4.78, 5) is 11.0. The molecule has 1 unspecified atom stereocenters. The van der Waals surface area contributed by atoms with Gasteiger partial charge in [0, 0.05) is 25.4 Å². The molecule has 0 amide bonds. The molecule has 0 aliphatic carbocycles. The van der Waals surface area contributed by atoms with E-state index < -0.39 is 0 Å². The molecule has 0 aliphatic rings. The Morgan fingerprint density at radius 3 is 2.50 bits per heavy atom. The second-order valence-electron chi connectivity index (χ2n) is 5.13. The van der Waals surface area contributed by atoms with Gasteiger partial charge in [-0.1, -0.05) is 45.4 Å². The van der Waals surface area contributed by atoms with Gasteiger partial charge in [-0.05, 0) is 18.8 Å². The van der Waals surface area contributed by atoms with E-state index in [-0.39, 0.29) is 9.86 Å². The second kappa shape index (κ2) is 8.13. The summed E-state index contributed by atoms with van der Waals surface area (Å²) in [5.74, 6) is 0.720. The Kier molecular flexibility index (Phi) is 8.12. The molecule has 0 heterocycles. The van der Waals surface area contributed by atoms with Crippen molar-refractivity contribution in [1.29, 1.82) is 0 Å². The van der Waals surface area contributed by atoms with Crippen molar-refractivity contribution in [3.05, 3.63) is 0 Å². The van der Waals surface area contributed by atoms with E-state index in [0.29, 0.717) is 0 Å². The zero-order chi connectivity index (χ0) is 12.6. The number of methoxy groups -OCH3 is 1. The lowest BCUT2D eigenvalue weighted by Crippen LogP contribution is -2.17. The van der Waals surface area contributed by atoms with Crippen LogP contribution in [0.3, 0.4) is 0 Å². The predicted molar refractivity (Wildman–Crippen MR) is 71.9 cm³/mol. The van der Waals surface area contributed by atoms with Gasteiger partial charge in [0.15, 0.2) is 5.12 Å². The lowest BCUT2D eigenvalue weighted by atomic mass is 9.97. The van der Waals surface area contributed by atoms with Crippen molar-refractivity contribution in [2.45, 2.75) is 58.1 Å². The lowest BCUT2D eigenvalue weighted by Gasteiger charge is -2.23. The number of hydrogen-bond donors (Lipinski definition) is 0. The van der Waals surface area contributed by atoms with Crippen LogP contribution in [0.1, 0.15) is 53.4 Å². The fraction of sp³-hybridized carbons (Fsp3) is 0.923. The molecule has 0 bridgehead atoms. The fourth-order valence-electron chi connectivity index (χ4n) is 1.78. The SMILES string of the molecule is COCCC(C)CCCC(C)(C)SC(C)=O. The van der Waals surface area contributed by atoms with Crippen LogP contribution in [0.4, 0.5) is 0 Å². The van der Waals surface area contributed by atoms with E-state index in [1.807, 2.05) is 0 Å². The first kappa shape index (κ1) is 16.0. The second-order valence-corrected chi connectivity index (χ2v) is 7.02. The quantitative estimate of drug-likeness (QED) is 0.650. The van der Waals surface area contributed by atoms with E-state index >= 15 is 0 Å². The summed E-state index contributed by atoms with van der Waals surface area (Å²) in [6.07, 6.45) is 4.66. The molecule has 1 atom stereocenters. The number of carbonyl (C=O) groups excluding carboxylic acids is 1. The molecule has 0 aromatic heterocycles. The van der Waals surface area contributed by atoms with E-state index in [1.54, 1.807) is 14.0 Å². The topological polar surface area (TPSA) is 26.3 Å². The van der Waals surface area contributed by atoms with Crippen molar-refractivity contribution in [3.63, 3.8) is 0 Å². The average molecular weight is 246 g/mol. The fourth-order valence-corrected chi connectivity index (χ4v) is 2.80. The van der Waals surface area contributed by atoms with Crippen LogP contribution in [0.25, 0.3) is 0 Å². The third-order valence-electron chi connectivity index (χ3n) is 2.71. The van der Waals surface area contributed by atoms with Gasteiger partial charge in [-0.3, -0.25) is 4.79 Å². The van der Waals surface area contributed by atoms with E-state index in [0.717, 1.165) is 25.4 Å². The Morgan fingerprint density at radius 2 is 2.00 bits per heavy atom. The van der Waals surface area contributed by atoms with Gasteiger partial charge in [-0.25, -0.2) is 0 Å². The van der Waals surface area contributed by atoms with Gasteiger partial charge in [-0.15, -0.1) is 0 Å². The van der Waals surface area contributed by atoms with Crippen molar-refractivity contribution in [3.8, 4) is 0 Å². The van der Waals surface area contributed by atoms with E-state index in [9.17, 15) is 4.79 Å². The van der Waals surface area contributed by atoms with Crippen molar-refractivity contribution < 1.29 is 9.53 Å². The zero-order valence-electron chi connectivity index (χ0n) is 11.3. The van der Waals surface area contributed by atoms with Crippen molar-refractivity contribution in [2.24, 2.45) is 5.92 Å². The number of rotatable bonds is 8. The van der Waals surface area contributed by atoms with Crippen molar-refractivity contribution in [2.75, 3.05) is 13.7 Å². The number of carbonyl (C=O) groups is 1. The number of hydrogen-bond acceptors (Lipinski definition) is 3. The molecule has 3 heteroatoms. The van der Waals surface area contributed by atoms with Gasteiger partial charge in [-0.2, -0.15) is 0 Å². The van der Waals surface area contributed by atoms with Crippen LogP contribution in [0.2, 0.25) is 0 Å². The van der Waals surface area contributed by atoms with Crippen LogP contribution in [-0.2, 0) is 9.53 Å². The first-order valence-corrected chi connectivity index (χ1v) is 6.87. The molecule has 16 heavy (non-hydrogen) atoms. The molecule has 0 spiro atoms. The van der Waals surface area contributed by atoms with Gasteiger partial charge in [0.2, 0.25) is 0 Å². The van der Waals surface area contributed by atoms with E-state index in [4.69, 9.17) is 4.74 Å². The highest BCUT2D eigenvalue weighted by molar-refractivity contribution is 8.14. The van der Waals surface area contributed by atoms with Gasteiger partial charge in [0.1, 0.15) is 0 Å². The van der Waals surface area contributed by atoms with Crippen LogP contribution in [0.5, 0.6) is 0 Å². The van der Waals surface area contributed by atoms with Gasteiger partial charge >= 0.3 is 0 Å². The Labute approximate surface area is 105 Å². The summed E-state index contributed by atoms with van der Waals surface area (Å²) in [6.45, 7) is 9.07. The molecule has 0 radical (unpaired) electrons. The van der Waals surface area contributed by atoms with Crippen LogP contribution < -0.4 is 0 Å². The molecule has 0 N–H and O–H groups in total. The Hall–Kier alpha value is -0.0200. The minimum absolute atomic E-state index is 0.0901. The van der Waals surface area contributed by atoms with Crippen molar-refractivity contribution >= 4 is 16.9 Å². The van der Waals surface area contributed by atoms with Crippen LogP contribution in [0.15, 0.2) is 0 Å².